The Morgan fingerprint density at radius 1 is 1.00 bits per heavy atom. The summed E-state index contributed by atoms with van der Waals surface area (Å²) in [5.41, 5.74) is 5.60. The minimum atomic E-state index is -4.37. The van der Waals surface area contributed by atoms with Gasteiger partial charge in [0.2, 0.25) is 0 Å². The highest BCUT2D eigenvalue weighted by Gasteiger charge is 2.30. The number of methoxy groups -OCH3 is 1. The number of nitrogens with one attached hydrogen (secondary N) is 1. The van der Waals surface area contributed by atoms with Gasteiger partial charge in [-0.15, -0.1) is 0 Å². The van der Waals surface area contributed by atoms with E-state index in [1.54, 1.807) is 13.2 Å². The molecule has 3 aromatic rings. The van der Waals surface area contributed by atoms with Crippen molar-refractivity contribution >= 4 is 11.7 Å². The summed E-state index contributed by atoms with van der Waals surface area (Å²) in [5.74, 6) is 0.0501. The molecule has 0 bridgehead atoms. The van der Waals surface area contributed by atoms with Crippen LogP contribution in [0.15, 0.2) is 54.6 Å². The van der Waals surface area contributed by atoms with Gasteiger partial charge in [-0.1, -0.05) is 43.3 Å². The van der Waals surface area contributed by atoms with Gasteiger partial charge in [0.15, 0.2) is 5.75 Å². The van der Waals surface area contributed by atoms with Crippen molar-refractivity contribution in [2.45, 2.75) is 52.8 Å². The highest BCUT2D eigenvalue weighted by Crippen LogP contribution is 2.35. The summed E-state index contributed by atoms with van der Waals surface area (Å²) in [6.45, 7) is 6.76. The van der Waals surface area contributed by atoms with Crippen LogP contribution >= 0.6 is 0 Å². The van der Waals surface area contributed by atoms with Crippen molar-refractivity contribution in [1.29, 1.82) is 0 Å². The number of hydrogen-bond donors (Lipinski definition) is 1. The van der Waals surface area contributed by atoms with Gasteiger partial charge in [0.05, 0.1) is 12.2 Å². The predicted octanol–water partition coefficient (Wildman–Crippen LogP) is 7.43. The highest BCUT2D eigenvalue weighted by molar-refractivity contribution is 5.76. The Kier molecular flexibility index (Phi) is 9.58. The molecule has 0 aliphatic rings. The van der Waals surface area contributed by atoms with Crippen LogP contribution in [0.3, 0.4) is 0 Å². The van der Waals surface area contributed by atoms with Gasteiger partial charge in [0.1, 0.15) is 0 Å². The topological polar surface area (TPSA) is 56.8 Å². The molecule has 0 amide bonds. The third kappa shape index (κ3) is 7.49. The molecule has 0 unspecified atom stereocenters. The fourth-order valence-electron chi connectivity index (χ4n) is 4.03. The van der Waals surface area contributed by atoms with Crippen molar-refractivity contribution in [3.8, 4) is 16.9 Å². The van der Waals surface area contributed by atoms with Crippen molar-refractivity contribution in [2.24, 2.45) is 0 Å². The van der Waals surface area contributed by atoms with E-state index in [2.05, 4.69) is 5.32 Å². The summed E-state index contributed by atoms with van der Waals surface area (Å²) < 4.78 is 44.3. The van der Waals surface area contributed by atoms with Crippen LogP contribution in [0, 0.1) is 13.8 Å². The Hall–Kier alpha value is -3.52. The van der Waals surface area contributed by atoms with Gasteiger partial charge in [0, 0.05) is 25.8 Å². The average molecular weight is 516 g/mol. The normalized spacial score (nSPS) is 11.3. The molecular weight excluding hydrogens is 483 g/mol. The lowest BCUT2D eigenvalue weighted by molar-refractivity contribution is -0.214. The van der Waals surface area contributed by atoms with Crippen LogP contribution in [0.25, 0.3) is 11.1 Å². The molecule has 0 saturated heterocycles. The first-order valence-corrected chi connectivity index (χ1v) is 12.1. The first-order valence-electron chi connectivity index (χ1n) is 12.1. The summed E-state index contributed by atoms with van der Waals surface area (Å²) in [5, 5.41) is 3.50. The van der Waals surface area contributed by atoms with Gasteiger partial charge in [-0.25, -0.2) is 4.79 Å². The Balaban J connectivity index is 1.82. The largest absolute Gasteiger partial charge is 0.416 e. The molecule has 0 heterocycles. The Bertz CT molecular complexity index is 1210. The summed E-state index contributed by atoms with van der Waals surface area (Å²) >= 11 is 0. The molecule has 3 rings (SSSR count). The number of hydrogen-bond acceptors (Lipinski definition) is 5. The number of benzene rings is 3. The van der Waals surface area contributed by atoms with Crippen LogP contribution in [-0.4, -0.2) is 19.7 Å². The van der Waals surface area contributed by atoms with E-state index >= 15 is 0 Å². The molecule has 0 aromatic heterocycles. The molecule has 1 N–H and O–H groups in total. The maximum absolute atomic E-state index is 13.0. The molecule has 0 atom stereocenters. The molecular formula is C29H32F3NO4. The number of alkyl halides is 3. The van der Waals surface area contributed by atoms with E-state index in [1.807, 2.05) is 45.0 Å². The summed E-state index contributed by atoms with van der Waals surface area (Å²) in [4.78, 5) is 21.6. The fourth-order valence-corrected chi connectivity index (χ4v) is 4.03. The number of halogens is 3. The molecule has 8 heteroatoms. The van der Waals surface area contributed by atoms with Crippen molar-refractivity contribution in [3.05, 3.63) is 82.4 Å². The van der Waals surface area contributed by atoms with Crippen molar-refractivity contribution in [1.82, 2.24) is 0 Å². The first kappa shape index (κ1) is 28.1. The summed E-state index contributed by atoms with van der Waals surface area (Å²) in [6, 6.07) is 14.7. The van der Waals surface area contributed by atoms with E-state index in [4.69, 9.17) is 14.5 Å². The quantitative estimate of drug-likeness (QED) is 0.213. The maximum Gasteiger partial charge on any atom is 0.416 e. The van der Waals surface area contributed by atoms with Crippen LogP contribution in [0.1, 0.15) is 47.6 Å². The molecule has 0 fully saturated rings. The summed E-state index contributed by atoms with van der Waals surface area (Å²) in [7, 11) is 1.64. The lowest BCUT2D eigenvalue weighted by Crippen LogP contribution is -2.09. The minimum absolute atomic E-state index is 0.289. The van der Waals surface area contributed by atoms with E-state index < -0.39 is 17.7 Å². The van der Waals surface area contributed by atoms with Crippen molar-refractivity contribution in [3.63, 3.8) is 0 Å². The number of rotatable bonds is 11. The Labute approximate surface area is 215 Å². The Morgan fingerprint density at radius 2 is 1.73 bits per heavy atom. The zero-order valence-corrected chi connectivity index (χ0v) is 21.5. The smallest absolute Gasteiger partial charge is 0.384 e. The SMILES string of the molecule is CCCC(=O)OOc1ccc(CNc2c(CCOC)ccc(-c3ccc(C(F)(F)F)cc3)c2C)cc1C. The second kappa shape index (κ2) is 12.6. The van der Waals surface area contributed by atoms with E-state index in [0.29, 0.717) is 37.3 Å². The van der Waals surface area contributed by atoms with E-state index in [-0.39, 0.29) is 6.42 Å². The molecule has 5 nitrogen and oxygen atoms in total. The van der Waals surface area contributed by atoms with E-state index in [9.17, 15) is 18.0 Å². The molecule has 0 spiro atoms. The van der Waals surface area contributed by atoms with Gasteiger partial charge in [0.25, 0.3) is 0 Å². The monoisotopic (exact) mass is 515 g/mol. The lowest BCUT2D eigenvalue weighted by Gasteiger charge is -2.19. The van der Waals surface area contributed by atoms with Crippen LogP contribution in [0.2, 0.25) is 0 Å². The molecule has 0 aliphatic carbocycles. The van der Waals surface area contributed by atoms with Gasteiger partial charge in [-0.3, -0.25) is 9.78 Å². The standard InChI is InChI=1S/C29H32F3NO4/c1-5-6-27(34)37-36-26-14-7-21(17-19(26)2)18-33-28-20(3)25(13-10-23(28)15-16-35-4)22-8-11-24(12-9-22)29(30,31)32/h7-14,17,33H,5-6,15-16,18H2,1-4H3. The van der Waals surface area contributed by atoms with Crippen LogP contribution < -0.4 is 10.2 Å². The van der Waals surface area contributed by atoms with Gasteiger partial charge in [-0.2, -0.15) is 13.2 Å². The second-order valence-electron chi connectivity index (χ2n) is 8.83. The lowest BCUT2D eigenvalue weighted by atomic mass is 9.94. The highest BCUT2D eigenvalue weighted by atomic mass is 19.4. The minimum Gasteiger partial charge on any atom is -0.384 e. The number of aryl methyl sites for hydroxylation is 1. The number of ether oxygens (including phenoxy) is 1. The Morgan fingerprint density at radius 3 is 2.35 bits per heavy atom. The van der Waals surface area contributed by atoms with Gasteiger partial charge < -0.3 is 10.1 Å². The van der Waals surface area contributed by atoms with Gasteiger partial charge in [-0.05, 0) is 78.3 Å². The average Bonchev–Trinajstić information content (AvgIpc) is 2.86. The van der Waals surface area contributed by atoms with Crippen molar-refractivity contribution in [2.75, 3.05) is 19.0 Å². The molecule has 3 aromatic carbocycles. The molecule has 0 radical (unpaired) electrons. The molecule has 0 aliphatic heterocycles. The fraction of sp³-hybridized carbons (Fsp3) is 0.345. The zero-order valence-electron chi connectivity index (χ0n) is 21.5. The zero-order chi connectivity index (χ0) is 27.0. The number of anilines is 1. The second-order valence-corrected chi connectivity index (χ2v) is 8.83. The van der Waals surface area contributed by atoms with Gasteiger partial charge >= 0.3 is 12.1 Å². The van der Waals surface area contributed by atoms with E-state index in [1.165, 1.54) is 12.1 Å². The molecule has 198 valence electrons. The van der Waals surface area contributed by atoms with Crippen LogP contribution in [0.4, 0.5) is 18.9 Å². The first-order chi connectivity index (χ1) is 17.6. The van der Waals surface area contributed by atoms with E-state index in [0.717, 1.165) is 45.6 Å². The number of carbonyl (C=O) groups is 1. The number of carbonyl (C=O) groups excluding carboxylic acids is 1. The predicted molar refractivity (Wildman–Crippen MR) is 137 cm³/mol. The summed E-state index contributed by atoms with van der Waals surface area (Å²) in [6.07, 6.45) is -2.73. The third-order valence-electron chi connectivity index (χ3n) is 6.04. The van der Waals surface area contributed by atoms with Crippen LogP contribution in [-0.2, 0) is 33.6 Å². The maximum atomic E-state index is 13.0. The molecule has 0 saturated carbocycles. The third-order valence-corrected chi connectivity index (χ3v) is 6.04. The van der Waals surface area contributed by atoms with Crippen molar-refractivity contribution < 1.29 is 32.5 Å². The van der Waals surface area contributed by atoms with Crippen LogP contribution in [0.5, 0.6) is 5.75 Å². The molecule has 37 heavy (non-hydrogen) atoms.